The third-order valence-corrected chi connectivity index (χ3v) is 3.51. The van der Waals surface area contributed by atoms with Crippen LogP contribution in [0.3, 0.4) is 0 Å². The van der Waals surface area contributed by atoms with E-state index >= 15 is 0 Å². The van der Waals surface area contributed by atoms with Gasteiger partial charge in [0.2, 0.25) is 0 Å². The number of nitrogens with zero attached hydrogens (tertiary/aromatic N) is 1. The first-order valence-electron chi connectivity index (χ1n) is 5.96. The zero-order valence-electron chi connectivity index (χ0n) is 10.0. The minimum Gasteiger partial charge on any atom is -0.480 e. The van der Waals surface area contributed by atoms with Gasteiger partial charge in [0.25, 0.3) is 0 Å². The predicted octanol–water partition coefficient (Wildman–Crippen LogP) is 1.67. The molecule has 18 heavy (non-hydrogen) atoms. The quantitative estimate of drug-likeness (QED) is 0.903. The van der Waals surface area contributed by atoms with Crippen molar-refractivity contribution in [2.45, 2.75) is 12.5 Å². The number of aliphatic carboxylic acids is 1. The summed E-state index contributed by atoms with van der Waals surface area (Å²) in [7, 11) is 0. The van der Waals surface area contributed by atoms with E-state index in [0.29, 0.717) is 37.7 Å². The molecule has 0 spiro atoms. The maximum absolute atomic E-state index is 11.4. The minimum atomic E-state index is -0.809. The van der Waals surface area contributed by atoms with E-state index in [1.165, 1.54) is 0 Å². The summed E-state index contributed by atoms with van der Waals surface area (Å²) < 4.78 is 5.24. The molecule has 1 saturated heterocycles. The fourth-order valence-electron chi connectivity index (χ4n) is 2.13. The van der Waals surface area contributed by atoms with Gasteiger partial charge in [0.05, 0.1) is 13.2 Å². The smallest absolute Gasteiger partial charge is 0.321 e. The second-order valence-corrected chi connectivity index (χ2v) is 4.71. The van der Waals surface area contributed by atoms with Gasteiger partial charge in [-0.15, -0.1) is 0 Å². The molecule has 1 fully saturated rings. The van der Waals surface area contributed by atoms with Crippen LogP contribution >= 0.6 is 11.6 Å². The van der Waals surface area contributed by atoms with Crippen LogP contribution in [0.2, 0.25) is 5.02 Å². The van der Waals surface area contributed by atoms with Crippen molar-refractivity contribution in [3.63, 3.8) is 0 Å². The first kappa shape index (κ1) is 13.3. The van der Waals surface area contributed by atoms with Gasteiger partial charge in [0.1, 0.15) is 6.04 Å². The number of carboxylic acids is 1. The Hall–Kier alpha value is -1.10. The van der Waals surface area contributed by atoms with E-state index in [1.807, 2.05) is 23.1 Å². The highest BCUT2D eigenvalue weighted by Crippen LogP contribution is 2.19. The first-order valence-corrected chi connectivity index (χ1v) is 6.34. The molecular formula is C13H16ClNO3. The SMILES string of the molecule is O=C(O)C(Cc1ccccc1Cl)N1CCOCC1. The van der Waals surface area contributed by atoms with E-state index in [2.05, 4.69) is 0 Å². The van der Waals surface area contributed by atoms with Crippen molar-refractivity contribution in [2.75, 3.05) is 26.3 Å². The summed E-state index contributed by atoms with van der Waals surface area (Å²) in [5, 5.41) is 9.97. The molecule has 5 heteroatoms. The van der Waals surface area contributed by atoms with E-state index in [1.54, 1.807) is 6.07 Å². The van der Waals surface area contributed by atoms with E-state index in [9.17, 15) is 9.90 Å². The number of hydrogen-bond acceptors (Lipinski definition) is 3. The zero-order chi connectivity index (χ0) is 13.0. The molecule has 0 aliphatic carbocycles. The van der Waals surface area contributed by atoms with E-state index < -0.39 is 12.0 Å². The van der Waals surface area contributed by atoms with Gasteiger partial charge in [0.15, 0.2) is 0 Å². The molecule has 1 heterocycles. The molecule has 1 unspecified atom stereocenters. The molecule has 1 atom stereocenters. The molecular weight excluding hydrogens is 254 g/mol. The molecule has 98 valence electrons. The van der Waals surface area contributed by atoms with Gasteiger partial charge in [-0.05, 0) is 11.6 Å². The molecule has 4 nitrogen and oxygen atoms in total. The van der Waals surface area contributed by atoms with Crippen molar-refractivity contribution in [3.8, 4) is 0 Å². The van der Waals surface area contributed by atoms with Gasteiger partial charge in [-0.3, -0.25) is 9.69 Å². The van der Waals surface area contributed by atoms with E-state index in [-0.39, 0.29) is 0 Å². The zero-order valence-corrected chi connectivity index (χ0v) is 10.8. The fraction of sp³-hybridized carbons (Fsp3) is 0.462. The maximum atomic E-state index is 11.4. The van der Waals surface area contributed by atoms with Crippen molar-refractivity contribution in [1.82, 2.24) is 4.90 Å². The molecule has 1 aromatic rings. The van der Waals surface area contributed by atoms with E-state index in [4.69, 9.17) is 16.3 Å². The van der Waals surface area contributed by atoms with Gasteiger partial charge in [0, 0.05) is 24.5 Å². The van der Waals surface area contributed by atoms with Crippen LogP contribution < -0.4 is 0 Å². The Morgan fingerprint density at radius 3 is 2.67 bits per heavy atom. The standard InChI is InChI=1S/C13H16ClNO3/c14-11-4-2-1-3-10(11)9-12(13(16)17)15-5-7-18-8-6-15/h1-4,12H,5-9H2,(H,16,17). The van der Waals surface area contributed by atoms with Crippen LogP contribution in [0.15, 0.2) is 24.3 Å². The highest BCUT2D eigenvalue weighted by molar-refractivity contribution is 6.31. The van der Waals surface area contributed by atoms with Crippen molar-refractivity contribution >= 4 is 17.6 Å². The van der Waals surface area contributed by atoms with Crippen LogP contribution in [-0.2, 0) is 16.0 Å². The van der Waals surface area contributed by atoms with E-state index in [0.717, 1.165) is 5.56 Å². The molecule has 1 aliphatic heterocycles. The third-order valence-electron chi connectivity index (χ3n) is 3.14. The normalized spacial score (nSPS) is 18.5. The summed E-state index contributed by atoms with van der Waals surface area (Å²) in [5.74, 6) is -0.809. The number of ether oxygens (including phenoxy) is 1. The van der Waals surface area contributed by atoms with Gasteiger partial charge in [-0.1, -0.05) is 29.8 Å². The van der Waals surface area contributed by atoms with Crippen molar-refractivity contribution in [2.24, 2.45) is 0 Å². The predicted molar refractivity (Wildman–Crippen MR) is 69.0 cm³/mol. The lowest BCUT2D eigenvalue weighted by molar-refractivity contribution is -0.145. The number of morpholine rings is 1. The highest BCUT2D eigenvalue weighted by atomic mass is 35.5. The molecule has 0 bridgehead atoms. The van der Waals surface area contributed by atoms with Crippen molar-refractivity contribution < 1.29 is 14.6 Å². The number of rotatable bonds is 4. The Kier molecular flexibility index (Phi) is 4.58. The van der Waals surface area contributed by atoms with Crippen molar-refractivity contribution in [1.29, 1.82) is 0 Å². The van der Waals surface area contributed by atoms with Gasteiger partial charge >= 0.3 is 5.97 Å². The molecule has 0 amide bonds. The molecule has 0 radical (unpaired) electrons. The Labute approximate surface area is 111 Å². The topological polar surface area (TPSA) is 49.8 Å². The number of hydrogen-bond donors (Lipinski definition) is 1. The Morgan fingerprint density at radius 1 is 1.39 bits per heavy atom. The van der Waals surface area contributed by atoms with Crippen molar-refractivity contribution in [3.05, 3.63) is 34.9 Å². The lowest BCUT2D eigenvalue weighted by Crippen LogP contribution is -2.48. The van der Waals surface area contributed by atoms with Crippen LogP contribution in [0.25, 0.3) is 0 Å². The second-order valence-electron chi connectivity index (χ2n) is 4.30. The summed E-state index contributed by atoms with van der Waals surface area (Å²) >= 11 is 6.08. The first-order chi connectivity index (χ1) is 8.68. The Bertz CT molecular complexity index is 418. The Balaban J connectivity index is 2.11. The second kappa shape index (κ2) is 6.18. The molecule has 1 N–H and O–H groups in total. The van der Waals surface area contributed by atoms with Crippen LogP contribution in [0, 0.1) is 0 Å². The number of carbonyl (C=O) groups is 1. The number of halogens is 1. The summed E-state index contributed by atoms with van der Waals surface area (Å²) in [5.41, 5.74) is 0.873. The molecule has 1 aliphatic rings. The van der Waals surface area contributed by atoms with Gasteiger partial charge < -0.3 is 9.84 Å². The monoisotopic (exact) mass is 269 g/mol. The molecule has 2 rings (SSSR count). The average molecular weight is 270 g/mol. The lowest BCUT2D eigenvalue weighted by Gasteiger charge is -2.32. The van der Waals surface area contributed by atoms with Crippen LogP contribution in [0.4, 0.5) is 0 Å². The van der Waals surface area contributed by atoms with Crippen LogP contribution in [-0.4, -0.2) is 48.3 Å². The maximum Gasteiger partial charge on any atom is 0.321 e. The van der Waals surface area contributed by atoms with Gasteiger partial charge in [-0.2, -0.15) is 0 Å². The highest BCUT2D eigenvalue weighted by Gasteiger charge is 2.27. The van der Waals surface area contributed by atoms with Crippen LogP contribution in [0.5, 0.6) is 0 Å². The Morgan fingerprint density at radius 2 is 2.06 bits per heavy atom. The summed E-state index contributed by atoms with van der Waals surface area (Å²) in [6, 6.07) is 6.85. The van der Waals surface area contributed by atoms with Gasteiger partial charge in [-0.25, -0.2) is 0 Å². The number of carboxylic acid groups (broad SMARTS) is 1. The molecule has 0 aromatic heterocycles. The summed E-state index contributed by atoms with van der Waals surface area (Å²) in [6.45, 7) is 2.49. The lowest BCUT2D eigenvalue weighted by atomic mass is 10.0. The fourth-order valence-corrected chi connectivity index (χ4v) is 2.35. The summed E-state index contributed by atoms with van der Waals surface area (Å²) in [6.07, 6.45) is 0.426. The third kappa shape index (κ3) is 3.22. The molecule has 1 aromatic carbocycles. The largest absolute Gasteiger partial charge is 0.480 e. The minimum absolute atomic E-state index is 0.426. The average Bonchev–Trinajstić information content (AvgIpc) is 2.38. The molecule has 0 saturated carbocycles. The summed E-state index contributed by atoms with van der Waals surface area (Å²) in [4.78, 5) is 13.3. The van der Waals surface area contributed by atoms with Crippen LogP contribution in [0.1, 0.15) is 5.56 Å². The number of benzene rings is 1.